The highest BCUT2D eigenvalue weighted by molar-refractivity contribution is 4.96. The molecule has 0 radical (unpaired) electrons. The summed E-state index contributed by atoms with van der Waals surface area (Å²) in [5.41, 5.74) is 0. The van der Waals surface area contributed by atoms with Crippen molar-refractivity contribution in [2.24, 2.45) is 0 Å². The highest BCUT2D eigenvalue weighted by Crippen LogP contribution is 2.41. The fraction of sp³-hybridized carbons (Fsp3) is 1.00. The van der Waals surface area contributed by atoms with E-state index in [9.17, 15) is 0 Å². The molecule has 114 valence electrons. The van der Waals surface area contributed by atoms with Gasteiger partial charge in [-0.3, -0.25) is 0 Å². The van der Waals surface area contributed by atoms with Crippen molar-refractivity contribution in [3.05, 3.63) is 0 Å². The molecule has 0 aromatic heterocycles. The van der Waals surface area contributed by atoms with E-state index in [1.807, 2.05) is 13.8 Å². The summed E-state index contributed by atoms with van der Waals surface area (Å²) in [6, 6.07) is 0. The molecule has 0 amide bonds. The molecule has 1 fully saturated rings. The summed E-state index contributed by atoms with van der Waals surface area (Å²) in [4.78, 5) is 0. The van der Waals surface area contributed by atoms with Gasteiger partial charge in [0.25, 0.3) is 0 Å². The third kappa shape index (κ3) is 3.09. The maximum Gasteiger partial charge on any atom is 0.194 e. The fourth-order valence-corrected chi connectivity index (χ4v) is 2.16. The summed E-state index contributed by atoms with van der Waals surface area (Å²) in [5.74, 6) is -2.69. The average molecular weight is 278 g/mol. The van der Waals surface area contributed by atoms with Crippen molar-refractivity contribution in [3.8, 4) is 0 Å². The predicted molar refractivity (Wildman–Crippen MR) is 68.7 cm³/mol. The number of rotatable bonds is 6. The molecule has 6 heteroatoms. The lowest BCUT2D eigenvalue weighted by atomic mass is 9.99. The van der Waals surface area contributed by atoms with Crippen molar-refractivity contribution in [2.75, 3.05) is 28.4 Å². The Kier molecular flexibility index (Phi) is 4.98. The topological polar surface area (TPSA) is 55.4 Å². The Morgan fingerprint density at radius 2 is 1.00 bits per heavy atom. The minimum atomic E-state index is -0.962. The molecule has 0 aromatic carbocycles. The van der Waals surface area contributed by atoms with Gasteiger partial charge in [-0.1, -0.05) is 0 Å². The standard InChI is InChI=1S/C13H26O6/c1-11(2)18-9(12(3,14-5)15-6)10(19-11)13(4,16-7)17-8/h9-10H,1-8H3/t9-,10-/m0/s1. The van der Waals surface area contributed by atoms with E-state index in [1.54, 1.807) is 42.3 Å². The van der Waals surface area contributed by atoms with E-state index in [0.29, 0.717) is 0 Å². The van der Waals surface area contributed by atoms with E-state index in [0.717, 1.165) is 0 Å². The molecule has 0 N–H and O–H groups in total. The van der Waals surface area contributed by atoms with Crippen LogP contribution in [0.3, 0.4) is 0 Å². The molecule has 1 heterocycles. The molecular weight excluding hydrogens is 252 g/mol. The lowest BCUT2D eigenvalue weighted by Crippen LogP contribution is -2.57. The summed E-state index contributed by atoms with van der Waals surface area (Å²) >= 11 is 0. The van der Waals surface area contributed by atoms with Gasteiger partial charge in [-0.15, -0.1) is 0 Å². The molecule has 1 aliphatic heterocycles. The van der Waals surface area contributed by atoms with Crippen molar-refractivity contribution < 1.29 is 28.4 Å². The van der Waals surface area contributed by atoms with Crippen LogP contribution in [0.4, 0.5) is 0 Å². The zero-order valence-corrected chi connectivity index (χ0v) is 13.1. The van der Waals surface area contributed by atoms with E-state index >= 15 is 0 Å². The maximum atomic E-state index is 5.93. The van der Waals surface area contributed by atoms with Crippen LogP contribution >= 0.6 is 0 Å². The minimum Gasteiger partial charge on any atom is -0.351 e. The van der Waals surface area contributed by atoms with Crippen LogP contribution in [0.1, 0.15) is 27.7 Å². The van der Waals surface area contributed by atoms with Crippen LogP contribution in [0, 0.1) is 0 Å². The van der Waals surface area contributed by atoms with Gasteiger partial charge in [0.2, 0.25) is 0 Å². The van der Waals surface area contributed by atoms with E-state index in [2.05, 4.69) is 0 Å². The number of methoxy groups -OCH3 is 4. The highest BCUT2D eigenvalue weighted by atomic mass is 16.8. The van der Waals surface area contributed by atoms with Gasteiger partial charge in [-0.05, 0) is 27.7 Å². The first-order chi connectivity index (χ1) is 8.68. The van der Waals surface area contributed by atoms with Crippen molar-refractivity contribution in [1.82, 2.24) is 0 Å². The van der Waals surface area contributed by atoms with Crippen LogP contribution in [0.5, 0.6) is 0 Å². The molecule has 0 bridgehead atoms. The summed E-state index contributed by atoms with van der Waals surface area (Å²) in [6.07, 6.45) is -0.996. The third-order valence-electron chi connectivity index (χ3n) is 3.75. The first kappa shape index (κ1) is 16.8. The van der Waals surface area contributed by atoms with Crippen LogP contribution < -0.4 is 0 Å². The van der Waals surface area contributed by atoms with Crippen molar-refractivity contribution in [3.63, 3.8) is 0 Å². The van der Waals surface area contributed by atoms with Crippen molar-refractivity contribution >= 4 is 0 Å². The second-order valence-corrected chi connectivity index (χ2v) is 5.33. The lowest BCUT2D eigenvalue weighted by Gasteiger charge is -2.39. The van der Waals surface area contributed by atoms with Crippen LogP contribution in [0.25, 0.3) is 0 Å². The normalized spacial score (nSPS) is 27.8. The molecular formula is C13H26O6. The molecule has 1 aliphatic rings. The summed E-state index contributed by atoms with van der Waals surface area (Å²) in [7, 11) is 6.25. The van der Waals surface area contributed by atoms with Crippen LogP contribution in [-0.2, 0) is 28.4 Å². The fourth-order valence-electron chi connectivity index (χ4n) is 2.16. The van der Waals surface area contributed by atoms with Gasteiger partial charge in [0.15, 0.2) is 17.4 Å². The Morgan fingerprint density at radius 1 is 0.737 bits per heavy atom. The Bertz CT molecular complexity index is 268. The molecule has 0 spiro atoms. The van der Waals surface area contributed by atoms with E-state index in [1.165, 1.54) is 0 Å². The summed E-state index contributed by atoms with van der Waals surface area (Å²) in [5, 5.41) is 0. The maximum absolute atomic E-state index is 5.93. The highest BCUT2D eigenvalue weighted by Gasteiger charge is 2.58. The van der Waals surface area contributed by atoms with Gasteiger partial charge >= 0.3 is 0 Å². The number of hydrogen-bond donors (Lipinski definition) is 0. The quantitative estimate of drug-likeness (QED) is 0.687. The second-order valence-electron chi connectivity index (χ2n) is 5.33. The summed E-state index contributed by atoms with van der Waals surface area (Å²) < 4.78 is 33.6. The van der Waals surface area contributed by atoms with E-state index in [4.69, 9.17) is 28.4 Å². The van der Waals surface area contributed by atoms with Gasteiger partial charge in [0.1, 0.15) is 12.2 Å². The van der Waals surface area contributed by atoms with Crippen LogP contribution in [0.15, 0.2) is 0 Å². The Hall–Kier alpha value is -0.240. The minimum absolute atomic E-state index is 0.498. The van der Waals surface area contributed by atoms with Crippen molar-refractivity contribution in [1.29, 1.82) is 0 Å². The Morgan fingerprint density at radius 3 is 1.21 bits per heavy atom. The number of ether oxygens (including phenoxy) is 6. The molecule has 0 saturated carbocycles. The first-order valence-electron chi connectivity index (χ1n) is 6.24. The van der Waals surface area contributed by atoms with Gasteiger partial charge in [0, 0.05) is 28.4 Å². The first-order valence-corrected chi connectivity index (χ1v) is 6.24. The predicted octanol–water partition coefficient (Wildman–Crippen LogP) is 1.52. The van der Waals surface area contributed by atoms with Gasteiger partial charge in [0.05, 0.1) is 0 Å². The summed E-state index contributed by atoms with van der Waals surface area (Å²) in [6.45, 7) is 7.25. The van der Waals surface area contributed by atoms with Gasteiger partial charge < -0.3 is 28.4 Å². The zero-order valence-electron chi connectivity index (χ0n) is 13.1. The number of hydrogen-bond acceptors (Lipinski definition) is 6. The van der Waals surface area contributed by atoms with Crippen LogP contribution in [-0.4, -0.2) is 58.0 Å². The monoisotopic (exact) mass is 278 g/mol. The molecule has 19 heavy (non-hydrogen) atoms. The third-order valence-corrected chi connectivity index (χ3v) is 3.75. The Balaban J connectivity index is 3.13. The largest absolute Gasteiger partial charge is 0.351 e. The molecule has 0 unspecified atom stereocenters. The molecule has 1 saturated heterocycles. The zero-order chi connectivity index (χ0) is 14.9. The average Bonchev–Trinajstić information content (AvgIpc) is 2.74. The lowest BCUT2D eigenvalue weighted by molar-refractivity contribution is -0.294. The van der Waals surface area contributed by atoms with Crippen LogP contribution in [0.2, 0.25) is 0 Å². The molecule has 0 aromatic rings. The van der Waals surface area contributed by atoms with E-state index in [-0.39, 0.29) is 0 Å². The Labute approximate surface area is 115 Å². The second kappa shape index (κ2) is 5.63. The molecule has 6 nitrogen and oxygen atoms in total. The van der Waals surface area contributed by atoms with Gasteiger partial charge in [-0.25, -0.2) is 0 Å². The molecule has 1 rings (SSSR count). The molecule has 0 aliphatic carbocycles. The van der Waals surface area contributed by atoms with E-state index < -0.39 is 29.6 Å². The molecule has 2 atom stereocenters. The van der Waals surface area contributed by atoms with Gasteiger partial charge in [-0.2, -0.15) is 0 Å². The van der Waals surface area contributed by atoms with Crippen molar-refractivity contribution in [2.45, 2.75) is 57.3 Å². The smallest absolute Gasteiger partial charge is 0.194 e. The SMILES string of the molecule is COC(C)(OC)[C@H]1OC(C)(C)O[C@@H]1C(C)(OC)OC.